The Labute approximate surface area is 123 Å². The molecule has 0 saturated carbocycles. The molecule has 0 amide bonds. The monoisotopic (exact) mass is 304 g/mol. The summed E-state index contributed by atoms with van der Waals surface area (Å²) in [7, 11) is 0. The first-order valence-electron chi connectivity index (χ1n) is 6.19. The fourth-order valence-electron chi connectivity index (χ4n) is 1.94. The summed E-state index contributed by atoms with van der Waals surface area (Å²) >= 11 is 1.15. The van der Waals surface area contributed by atoms with Gasteiger partial charge in [0.1, 0.15) is 17.5 Å². The minimum Gasteiger partial charge on any atom is -0.309 e. The number of hydrogen-bond donors (Lipinski definition) is 1. The van der Waals surface area contributed by atoms with Gasteiger partial charge in [0.2, 0.25) is 0 Å². The van der Waals surface area contributed by atoms with E-state index in [1.165, 1.54) is 12.1 Å². The van der Waals surface area contributed by atoms with E-state index in [0.29, 0.717) is 27.4 Å². The van der Waals surface area contributed by atoms with Crippen LogP contribution in [0.2, 0.25) is 0 Å². The first-order valence-corrected chi connectivity index (χ1v) is 7.18. The van der Waals surface area contributed by atoms with Gasteiger partial charge in [0.25, 0.3) is 5.56 Å². The smallest absolute Gasteiger partial charge is 0.258 e. The maximum atomic E-state index is 13.5. The molecule has 0 unspecified atom stereocenters. The van der Waals surface area contributed by atoms with Gasteiger partial charge < -0.3 is 4.98 Å². The third-order valence-corrected chi connectivity index (χ3v) is 3.98. The van der Waals surface area contributed by atoms with Gasteiger partial charge in [-0.15, -0.1) is 11.8 Å². The van der Waals surface area contributed by atoms with Crippen LogP contribution >= 0.6 is 11.8 Å². The number of aromatic amines is 1. The van der Waals surface area contributed by atoms with E-state index >= 15 is 0 Å². The van der Waals surface area contributed by atoms with Gasteiger partial charge >= 0.3 is 0 Å². The van der Waals surface area contributed by atoms with Crippen molar-refractivity contribution in [2.24, 2.45) is 0 Å². The second-order valence-electron chi connectivity index (χ2n) is 4.39. The highest BCUT2D eigenvalue weighted by Gasteiger charge is 2.07. The SMILES string of the molecule is O=c1[nH]c(CSc2ccc(F)cc2F)nc2ccccc12. The van der Waals surface area contributed by atoms with Gasteiger partial charge in [0, 0.05) is 11.0 Å². The van der Waals surface area contributed by atoms with E-state index < -0.39 is 11.6 Å². The molecule has 2 aromatic carbocycles. The summed E-state index contributed by atoms with van der Waals surface area (Å²) in [5.74, 6) is -0.493. The van der Waals surface area contributed by atoms with E-state index in [2.05, 4.69) is 9.97 Å². The molecule has 0 spiro atoms. The number of thioether (sulfide) groups is 1. The molecule has 0 aliphatic heterocycles. The quantitative estimate of drug-likeness (QED) is 0.753. The number of rotatable bonds is 3. The number of halogens is 2. The van der Waals surface area contributed by atoms with Crippen molar-refractivity contribution in [1.82, 2.24) is 9.97 Å². The largest absolute Gasteiger partial charge is 0.309 e. The van der Waals surface area contributed by atoms with E-state index in [0.717, 1.165) is 17.8 Å². The highest BCUT2D eigenvalue weighted by molar-refractivity contribution is 7.98. The molecule has 0 fully saturated rings. The number of H-pyrrole nitrogens is 1. The normalized spacial score (nSPS) is 11.0. The Kier molecular flexibility index (Phi) is 3.70. The van der Waals surface area contributed by atoms with Gasteiger partial charge in [0.05, 0.1) is 16.7 Å². The van der Waals surface area contributed by atoms with Crippen molar-refractivity contribution in [3.05, 3.63) is 70.3 Å². The van der Waals surface area contributed by atoms with Crippen molar-refractivity contribution in [2.75, 3.05) is 0 Å². The van der Waals surface area contributed by atoms with Crippen molar-refractivity contribution in [2.45, 2.75) is 10.6 Å². The van der Waals surface area contributed by atoms with Crippen molar-refractivity contribution < 1.29 is 8.78 Å². The molecule has 0 aliphatic carbocycles. The lowest BCUT2D eigenvalue weighted by atomic mass is 10.2. The first kappa shape index (κ1) is 13.8. The van der Waals surface area contributed by atoms with Crippen LogP contribution < -0.4 is 5.56 Å². The topological polar surface area (TPSA) is 45.8 Å². The van der Waals surface area contributed by atoms with Crippen LogP contribution in [0, 0.1) is 11.6 Å². The Hall–Kier alpha value is -2.21. The number of aromatic nitrogens is 2. The molecule has 1 aromatic heterocycles. The molecule has 6 heteroatoms. The zero-order valence-corrected chi connectivity index (χ0v) is 11.6. The van der Waals surface area contributed by atoms with E-state index in [1.54, 1.807) is 24.3 Å². The van der Waals surface area contributed by atoms with Crippen LogP contribution in [0.1, 0.15) is 5.82 Å². The van der Waals surface area contributed by atoms with Crippen LogP contribution in [0.4, 0.5) is 8.78 Å². The number of benzene rings is 2. The van der Waals surface area contributed by atoms with Crippen LogP contribution in [0.3, 0.4) is 0 Å². The number of para-hydroxylation sites is 1. The van der Waals surface area contributed by atoms with Crippen molar-refractivity contribution in [3.63, 3.8) is 0 Å². The lowest BCUT2D eigenvalue weighted by Gasteiger charge is -2.04. The number of fused-ring (bicyclic) bond motifs is 1. The van der Waals surface area contributed by atoms with E-state index in [4.69, 9.17) is 0 Å². The average Bonchev–Trinajstić information content (AvgIpc) is 2.46. The zero-order chi connectivity index (χ0) is 14.8. The summed E-state index contributed by atoms with van der Waals surface area (Å²) in [6.45, 7) is 0. The molecule has 3 rings (SSSR count). The highest BCUT2D eigenvalue weighted by atomic mass is 32.2. The van der Waals surface area contributed by atoms with Crippen LogP contribution in [0.25, 0.3) is 10.9 Å². The van der Waals surface area contributed by atoms with Crippen molar-refractivity contribution >= 4 is 22.7 Å². The molecule has 0 aliphatic rings. The molecule has 0 atom stereocenters. The average molecular weight is 304 g/mol. The number of nitrogens with one attached hydrogen (secondary N) is 1. The Morgan fingerprint density at radius 2 is 1.95 bits per heavy atom. The van der Waals surface area contributed by atoms with Gasteiger partial charge in [-0.05, 0) is 24.3 Å². The van der Waals surface area contributed by atoms with Crippen LogP contribution in [0.5, 0.6) is 0 Å². The molecule has 3 nitrogen and oxygen atoms in total. The van der Waals surface area contributed by atoms with Crippen LogP contribution in [-0.2, 0) is 5.75 Å². The molecular weight excluding hydrogens is 294 g/mol. The van der Waals surface area contributed by atoms with Crippen LogP contribution in [-0.4, -0.2) is 9.97 Å². The van der Waals surface area contributed by atoms with Gasteiger partial charge in [-0.2, -0.15) is 0 Å². The van der Waals surface area contributed by atoms with Gasteiger partial charge in [0.15, 0.2) is 0 Å². The van der Waals surface area contributed by atoms with E-state index in [1.807, 2.05) is 0 Å². The molecule has 3 aromatic rings. The number of nitrogens with zero attached hydrogens (tertiary/aromatic N) is 1. The third kappa shape index (κ3) is 2.95. The Morgan fingerprint density at radius 3 is 2.76 bits per heavy atom. The summed E-state index contributed by atoms with van der Waals surface area (Å²) in [4.78, 5) is 19.2. The summed E-state index contributed by atoms with van der Waals surface area (Å²) in [5.41, 5.74) is 0.368. The fraction of sp³-hybridized carbons (Fsp3) is 0.0667. The van der Waals surface area contributed by atoms with Crippen molar-refractivity contribution in [1.29, 1.82) is 0 Å². The van der Waals surface area contributed by atoms with Gasteiger partial charge in [-0.1, -0.05) is 12.1 Å². The molecule has 106 valence electrons. The zero-order valence-electron chi connectivity index (χ0n) is 10.8. The molecule has 1 N–H and O–H groups in total. The molecular formula is C15H10F2N2OS. The first-order chi connectivity index (χ1) is 10.1. The molecule has 21 heavy (non-hydrogen) atoms. The summed E-state index contributed by atoms with van der Waals surface area (Å²) in [6, 6.07) is 10.4. The standard InChI is InChI=1S/C15H10F2N2OS/c16-9-5-6-13(11(17)7-9)21-8-14-18-12-4-2-1-3-10(12)15(20)19-14/h1-7H,8H2,(H,18,19,20). The Balaban J connectivity index is 1.87. The summed E-state index contributed by atoms with van der Waals surface area (Å²) in [5, 5.41) is 0.513. The lowest BCUT2D eigenvalue weighted by molar-refractivity contribution is 0.565. The maximum Gasteiger partial charge on any atom is 0.258 e. The number of hydrogen-bond acceptors (Lipinski definition) is 3. The summed E-state index contributed by atoms with van der Waals surface area (Å²) < 4.78 is 26.4. The molecule has 1 heterocycles. The van der Waals surface area contributed by atoms with Crippen molar-refractivity contribution in [3.8, 4) is 0 Å². The molecule has 0 radical (unpaired) electrons. The maximum absolute atomic E-state index is 13.5. The van der Waals surface area contributed by atoms with Gasteiger partial charge in [-0.3, -0.25) is 4.79 Å². The van der Waals surface area contributed by atoms with Gasteiger partial charge in [-0.25, -0.2) is 13.8 Å². The van der Waals surface area contributed by atoms with E-state index in [-0.39, 0.29) is 5.56 Å². The lowest BCUT2D eigenvalue weighted by Crippen LogP contribution is -2.11. The second-order valence-corrected chi connectivity index (χ2v) is 5.41. The third-order valence-electron chi connectivity index (χ3n) is 2.92. The van der Waals surface area contributed by atoms with E-state index in [9.17, 15) is 13.6 Å². The molecule has 0 bridgehead atoms. The minimum atomic E-state index is -0.622. The predicted octanol–water partition coefficient (Wildman–Crippen LogP) is 3.49. The minimum absolute atomic E-state index is 0.226. The Morgan fingerprint density at radius 1 is 1.14 bits per heavy atom. The predicted molar refractivity (Wildman–Crippen MR) is 78.3 cm³/mol. The van der Waals surface area contributed by atoms with Crippen LogP contribution in [0.15, 0.2) is 52.2 Å². The summed E-state index contributed by atoms with van der Waals surface area (Å²) in [6.07, 6.45) is 0. The fourth-order valence-corrected chi connectivity index (χ4v) is 2.73. The molecule has 0 saturated heterocycles. The highest BCUT2D eigenvalue weighted by Crippen LogP contribution is 2.25. The Bertz CT molecular complexity index is 864. The second kappa shape index (κ2) is 5.65.